The molecule has 2 bridgehead atoms. The summed E-state index contributed by atoms with van der Waals surface area (Å²) >= 11 is 0. The Bertz CT molecular complexity index is 1240. The van der Waals surface area contributed by atoms with Gasteiger partial charge in [-0.3, -0.25) is 4.79 Å². The van der Waals surface area contributed by atoms with Crippen LogP contribution in [0.3, 0.4) is 0 Å². The number of hydrogen-bond donors (Lipinski definition) is 1. The van der Waals surface area contributed by atoms with Crippen LogP contribution in [0.15, 0.2) is 73.2 Å². The molecule has 31 heavy (non-hydrogen) atoms. The SMILES string of the molecule is O=C(c1cccc(-c2ccccc2)c1)N1C2CCC1CN(c1ncnc3[nH]ccc13)C2. The molecule has 4 heterocycles. The number of aromatic amines is 1. The van der Waals surface area contributed by atoms with Crippen LogP contribution in [0.1, 0.15) is 23.2 Å². The molecule has 154 valence electrons. The number of nitrogens with one attached hydrogen (secondary N) is 1. The van der Waals surface area contributed by atoms with Gasteiger partial charge in [0.15, 0.2) is 0 Å². The quantitative estimate of drug-likeness (QED) is 0.553. The van der Waals surface area contributed by atoms with Gasteiger partial charge in [-0.05, 0) is 42.2 Å². The summed E-state index contributed by atoms with van der Waals surface area (Å²) in [6.07, 6.45) is 5.58. The van der Waals surface area contributed by atoms with Crippen molar-refractivity contribution in [2.45, 2.75) is 24.9 Å². The highest BCUT2D eigenvalue weighted by Gasteiger charge is 2.43. The Morgan fingerprint density at radius 2 is 1.68 bits per heavy atom. The standard InChI is InChI=1S/C25H23N5O/c31-25(19-8-4-7-18(13-19)17-5-2-1-3-6-17)30-20-9-10-21(30)15-29(14-20)24-22-11-12-26-23(22)27-16-28-24/h1-8,11-13,16,20-21H,9-10,14-15H2,(H,26,27,28). The van der Waals surface area contributed by atoms with Gasteiger partial charge in [0.2, 0.25) is 0 Å². The zero-order chi connectivity index (χ0) is 20.8. The lowest BCUT2D eigenvalue weighted by atomic mass is 10.0. The highest BCUT2D eigenvalue weighted by Crippen LogP contribution is 2.35. The molecule has 2 saturated heterocycles. The number of hydrogen-bond acceptors (Lipinski definition) is 4. The van der Waals surface area contributed by atoms with Crippen LogP contribution < -0.4 is 4.90 Å². The van der Waals surface area contributed by atoms with Crippen molar-refractivity contribution in [1.29, 1.82) is 0 Å². The number of H-pyrrole nitrogens is 1. The van der Waals surface area contributed by atoms with Gasteiger partial charge >= 0.3 is 0 Å². The number of anilines is 1. The Balaban J connectivity index is 1.27. The predicted molar refractivity (Wildman–Crippen MR) is 121 cm³/mol. The van der Waals surface area contributed by atoms with E-state index >= 15 is 0 Å². The van der Waals surface area contributed by atoms with Crippen molar-refractivity contribution < 1.29 is 4.79 Å². The lowest BCUT2D eigenvalue weighted by Crippen LogP contribution is -2.56. The van der Waals surface area contributed by atoms with Crippen LogP contribution in [0.2, 0.25) is 0 Å². The van der Waals surface area contributed by atoms with E-state index in [1.807, 2.05) is 48.7 Å². The average molecular weight is 409 g/mol. The fraction of sp³-hybridized carbons (Fsp3) is 0.240. The first kappa shape index (κ1) is 18.1. The highest BCUT2D eigenvalue weighted by molar-refractivity contribution is 5.96. The predicted octanol–water partition coefficient (Wildman–Crippen LogP) is 4.12. The molecule has 2 unspecified atom stereocenters. The number of rotatable bonds is 3. The second-order valence-corrected chi connectivity index (χ2v) is 8.39. The smallest absolute Gasteiger partial charge is 0.254 e. The number of benzene rings is 2. The summed E-state index contributed by atoms with van der Waals surface area (Å²) in [5, 5.41) is 1.04. The molecule has 1 amide bonds. The maximum atomic E-state index is 13.5. The minimum Gasteiger partial charge on any atom is -0.352 e. The van der Waals surface area contributed by atoms with Crippen molar-refractivity contribution in [1.82, 2.24) is 19.9 Å². The molecule has 2 aliphatic rings. The lowest BCUT2D eigenvalue weighted by Gasteiger charge is -2.41. The van der Waals surface area contributed by atoms with Crippen LogP contribution in [-0.2, 0) is 0 Å². The number of aromatic nitrogens is 3. The molecule has 4 aromatic rings. The maximum absolute atomic E-state index is 13.5. The van der Waals surface area contributed by atoms with Gasteiger partial charge in [-0.15, -0.1) is 0 Å². The third-order valence-corrected chi connectivity index (χ3v) is 6.57. The molecule has 2 aromatic heterocycles. The van der Waals surface area contributed by atoms with Gasteiger partial charge in [-0.2, -0.15) is 0 Å². The first-order valence-corrected chi connectivity index (χ1v) is 10.8. The molecule has 2 atom stereocenters. The number of nitrogens with zero attached hydrogens (tertiary/aromatic N) is 4. The molecule has 0 aliphatic carbocycles. The van der Waals surface area contributed by atoms with E-state index in [0.717, 1.165) is 59.5 Å². The van der Waals surface area contributed by atoms with E-state index < -0.39 is 0 Å². The highest BCUT2D eigenvalue weighted by atomic mass is 16.2. The molecule has 0 radical (unpaired) electrons. The summed E-state index contributed by atoms with van der Waals surface area (Å²) in [7, 11) is 0. The molecule has 6 rings (SSSR count). The van der Waals surface area contributed by atoms with Gasteiger partial charge in [0, 0.05) is 24.8 Å². The van der Waals surface area contributed by atoms with Crippen molar-refractivity contribution in [3.05, 3.63) is 78.8 Å². The zero-order valence-electron chi connectivity index (χ0n) is 17.1. The molecule has 1 N–H and O–H groups in total. The van der Waals surface area contributed by atoms with Crippen LogP contribution in [0.4, 0.5) is 5.82 Å². The topological polar surface area (TPSA) is 65.1 Å². The molecule has 2 aliphatic heterocycles. The van der Waals surface area contributed by atoms with Crippen LogP contribution in [-0.4, -0.2) is 50.9 Å². The van der Waals surface area contributed by atoms with Crippen molar-refractivity contribution >= 4 is 22.8 Å². The fourth-order valence-electron chi connectivity index (χ4n) is 5.13. The second-order valence-electron chi connectivity index (χ2n) is 8.39. The Morgan fingerprint density at radius 1 is 0.903 bits per heavy atom. The van der Waals surface area contributed by atoms with E-state index in [-0.39, 0.29) is 18.0 Å². The Hall–Kier alpha value is -3.67. The lowest BCUT2D eigenvalue weighted by molar-refractivity contribution is 0.0641. The summed E-state index contributed by atoms with van der Waals surface area (Å²) in [5.74, 6) is 1.10. The van der Waals surface area contributed by atoms with Crippen LogP contribution in [0.5, 0.6) is 0 Å². The van der Waals surface area contributed by atoms with Gasteiger partial charge in [0.25, 0.3) is 5.91 Å². The monoisotopic (exact) mass is 409 g/mol. The van der Waals surface area contributed by atoms with Crippen molar-refractivity contribution in [3.8, 4) is 11.1 Å². The van der Waals surface area contributed by atoms with Crippen molar-refractivity contribution in [3.63, 3.8) is 0 Å². The molecule has 6 heteroatoms. The van der Waals surface area contributed by atoms with E-state index in [1.54, 1.807) is 6.33 Å². The minimum atomic E-state index is 0.138. The first-order valence-electron chi connectivity index (χ1n) is 10.8. The zero-order valence-corrected chi connectivity index (χ0v) is 17.1. The van der Waals surface area contributed by atoms with Crippen LogP contribution in [0.25, 0.3) is 22.2 Å². The normalized spacial score (nSPS) is 20.4. The second kappa shape index (κ2) is 7.23. The summed E-state index contributed by atoms with van der Waals surface area (Å²) in [5.41, 5.74) is 3.83. The first-order chi connectivity index (χ1) is 15.3. The summed E-state index contributed by atoms with van der Waals surface area (Å²) < 4.78 is 0. The average Bonchev–Trinajstić information content (AvgIpc) is 3.41. The maximum Gasteiger partial charge on any atom is 0.254 e. The van der Waals surface area contributed by atoms with Gasteiger partial charge < -0.3 is 14.8 Å². The molecule has 2 aromatic carbocycles. The Morgan fingerprint density at radius 3 is 2.48 bits per heavy atom. The Labute approximate surface area is 180 Å². The number of fused-ring (bicyclic) bond motifs is 3. The van der Waals surface area contributed by atoms with E-state index in [4.69, 9.17) is 0 Å². The molecule has 0 saturated carbocycles. The van der Waals surface area contributed by atoms with Crippen LogP contribution in [0, 0.1) is 0 Å². The van der Waals surface area contributed by atoms with E-state index in [1.165, 1.54) is 0 Å². The molecular weight excluding hydrogens is 386 g/mol. The molecule has 0 spiro atoms. The number of carbonyl (C=O) groups is 1. The van der Waals surface area contributed by atoms with E-state index in [9.17, 15) is 4.79 Å². The summed E-state index contributed by atoms with van der Waals surface area (Å²) in [6, 6.07) is 20.7. The Kier molecular flexibility index (Phi) is 4.23. The number of amides is 1. The van der Waals surface area contributed by atoms with E-state index in [2.05, 4.69) is 43.0 Å². The third-order valence-electron chi connectivity index (χ3n) is 6.57. The van der Waals surface area contributed by atoms with E-state index in [0.29, 0.717) is 0 Å². The summed E-state index contributed by atoms with van der Waals surface area (Å²) in [6.45, 7) is 1.61. The number of piperazine rings is 1. The summed E-state index contributed by atoms with van der Waals surface area (Å²) in [4.78, 5) is 30.0. The third kappa shape index (κ3) is 3.06. The van der Waals surface area contributed by atoms with Crippen molar-refractivity contribution in [2.75, 3.05) is 18.0 Å². The van der Waals surface area contributed by atoms with Gasteiger partial charge in [0.05, 0.1) is 17.5 Å². The van der Waals surface area contributed by atoms with Gasteiger partial charge in [-0.1, -0.05) is 42.5 Å². The molecule has 6 nitrogen and oxygen atoms in total. The van der Waals surface area contributed by atoms with Crippen LogP contribution >= 0.6 is 0 Å². The molecule has 2 fully saturated rings. The fourth-order valence-corrected chi connectivity index (χ4v) is 5.13. The van der Waals surface area contributed by atoms with Crippen molar-refractivity contribution in [2.24, 2.45) is 0 Å². The largest absolute Gasteiger partial charge is 0.352 e. The van der Waals surface area contributed by atoms with Gasteiger partial charge in [-0.25, -0.2) is 9.97 Å². The van der Waals surface area contributed by atoms with Gasteiger partial charge in [0.1, 0.15) is 17.8 Å². The molecular formula is C25H23N5O. The number of carbonyl (C=O) groups excluding carboxylic acids is 1. The minimum absolute atomic E-state index is 0.138.